The van der Waals surface area contributed by atoms with Crippen LogP contribution in [0.3, 0.4) is 0 Å². The van der Waals surface area contributed by atoms with Crippen molar-refractivity contribution in [2.24, 2.45) is 10.2 Å². The van der Waals surface area contributed by atoms with Crippen molar-refractivity contribution in [1.29, 1.82) is 0 Å². The molecule has 0 aromatic heterocycles. The third-order valence-corrected chi connectivity index (χ3v) is 13.8. The van der Waals surface area contributed by atoms with Gasteiger partial charge in [0.2, 0.25) is 0 Å². The third-order valence-electron chi connectivity index (χ3n) is 13.8. The Bertz CT molecular complexity index is 1750. The van der Waals surface area contributed by atoms with Crippen molar-refractivity contribution < 1.29 is 29.9 Å². The average Bonchev–Trinajstić information content (AvgIpc) is 3.61. The van der Waals surface area contributed by atoms with Crippen LogP contribution in [0.25, 0.3) is 0 Å². The molecule has 0 amide bonds. The predicted octanol–water partition coefficient (Wildman–Crippen LogP) is 4.12. The van der Waals surface area contributed by atoms with E-state index in [0.717, 1.165) is 46.8 Å². The number of phenols is 2. The van der Waals surface area contributed by atoms with Gasteiger partial charge in [-0.3, -0.25) is 9.80 Å². The fourth-order valence-electron chi connectivity index (χ4n) is 12.0. The van der Waals surface area contributed by atoms with Crippen LogP contribution in [0.4, 0.5) is 0 Å². The lowest BCUT2D eigenvalue weighted by Crippen LogP contribution is -2.76. The Kier molecular flexibility index (Phi) is 7.61. The molecule has 2 saturated heterocycles. The molecule has 4 aliphatic heterocycles. The molecule has 4 heterocycles. The molecule has 8 aliphatic rings. The van der Waals surface area contributed by atoms with E-state index in [0.29, 0.717) is 76.0 Å². The van der Waals surface area contributed by atoms with Gasteiger partial charge in [-0.1, -0.05) is 24.3 Å². The van der Waals surface area contributed by atoms with Crippen molar-refractivity contribution in [2.75, 3.05) is 26.2 Å². The molecule has 10 rings (SSSR count). The second-order valence-corrected chi connectivity index (χ2v) is 15.4. The van der Waals surface area contributed by atoms with E-state index in [-0.39, 0.29) is 48.4 Å². The number of ether oxygens (including phenoxy) is 2. The number of hydrogen-bond donors (Lipinski definition) is 4. The van der Waals surface area contributed by atoms with Crippen LogP contribution in [0.2, 0.25) is 0 Å². The van der Waals surface area contributed by atoms with Crippen molar-refractivity contribution in [2.45, 2.75) is 97.7 Å². The summed E-state index contributed by atoms with van der Waals surface area (Å²) in [5, 5.41) is 57.4. The van der Waals surface area contributed by atoms with Gasteiger partial charge in [0.1, 0.15) is 0 Å². The molecule has 50 heavy (non-hydrogen) atoms. The second-order valence-electron chi connectivity index (χ2n) is 15.4. The standard InChI is InChI=1S/C38H42N4O6.2ClH/c1-3-15-41-17-13-35-29-21-5-7-25(43)31(29)47-33(35)23(9-11-37(35,45)27(41)19-21)39-40-24-10-12-38(46)28-20-22-6-8-26(44)32-30(22)36(38,34(24)48-32)14-18-42(28)16-4-2;;/h3-8,27-28,33-34,43-46H,1-2,9-20H2;2*1H/b39-23+,40-24+;;/t27-,28-,33+,34+,35+,36+,37-,38-;;/m1../s1. The van der Waals surface area contributed by atoms with Gasteiger partial charge < -0.3 is 29.9 Å². The molecule has 2 aromatic carbocycles. The van der Waals surface area contributed by atoms with Crippen LogP contribution in [0.5, 0.6) is 23.0 Å². The Morgan fingerprint density at radius 2 is 1.12 bits per heavy atom. The highest BCUT2D eigenvalue weighted by molar-refractivity contribution is 5.98. The molecule has 10 nitrogen and oxygen atoms in total. The first-order valence-corrected chi connectivity index (χ1v) is 17.5. The lowest BCUT2D eigenvalue weighted by molar-refractivity contribution is -0.164. The highest BCUT2D eigenvalue weighted by atomic mass is 35.5. The number of piperidine rings is 2. The molecule has 2 aromatic rings. The van der Waals surface area contributed by atoms with Crippen LogP contribution < -0.4 is 9.47 Å². The third kappa shape index (κ3) is 3.75. The van der Waals surface area contributed by atoms with Crippen molar-refractivity contribution in [3.05, 3.63) is 71.8 Å². The van der Waals surface area contributed by atoms with E-state index in [4.69, 9.17) is 19.7 Å². The minimum atomic E-state index is -1.06. The van der Waals surface area contributed by atoms with Gasteiger partial charge in [-0.05, 0) is 74.6 Å². The zero-order valence-corrected chi connectivity index (χ0v) is 29.5. The minimum Gasteiger partial charge on any atom is -0.504 e. The molecule has 4 N–H and O–H groups in total. The van der Waals surface area contributed by atoms with Gasteiger partial charge >= 0.3 is 0 Å². The first-order chi connectivity index (χ1) is 23.2. The summed E-state index contributed by atoms with van der Waals surface area (Å²) in [6, 6.07) is 7.18. The van der Waals surface area contributed by atoms with E-state index >= 15 is 0 Å². The normalized spacial score (nSPS) is 39.7. The second kappa shape index (κ2) is 11.2. The maximum absolute atomic E-state index is 12.7. The molecule has 2 spiro atoms. The summed E-state index contributed by atoms with van der Waals surface area (Å²) < 4.78 is 13.3. The summed E-state index contributed by atoms with van der Waals surface area (Å²) >= 11 is 0. The number of hydrogen-bond acceptors (Lipinski definition) is 10. The lowest BCUT2D eigenvalue weighted by Gasteiger charge is -2.63. The number of halogens is 2. The largest absolute Gasteiger partial charge is 0.504 e. The molecule has 2 saturated carbocycles. The quantitative estimate of drug-likeness (QED) is 0.268. The van der Waals surface area contributed by atoms with E-state index in [1.165, 1.54) is 0 Å². The zero-order valence-electron chi connectivity index (χ0n) is 27.9. The van der Waals surface area contributed by atoms with E-state index in [1.807, 2.05) is 24.3 Å². The Hall–Kier alpha value is -3.12. The van der Waals surface area contributed by atoms with Gasteiger partial charge in [-0.2, -0.15) is 10.2 Å². The van der Waals surface area contributed by atoms with Crippen molar-refractivity contribution >= 4 is 36.2 Å². The monoisotopic (exact) mass is 722 g/mol. The number of phenolic OH excluding ortho intramolecular Hbond substituents is 2. The van der Waals surface area contributed by atoms with Gasteiger partial charge in [0.05, 0.1) is 33.5 Å². The Balaban J connectivity index is 0.00000180. The number of likely N-dealkylation sites (tertiary alicyclic amines) is 2. The zero-order chi connectivity index (χ0) is 32.8. The molecule has 8 atom stereocenters. The summed E-state index contributed by atoms with van der Waals surface area (Å²) in [5.41, 5.74) is 1.99. The van der Waals surface area contributed by atoms with Crippen LogP contribution in [-0.4, -0.2) is 103 Å². The molecule has 0 radical (unpaired) electrons. The van der Waals surface area contributed by atoms with Crippen LogP contribution >= 0.6 is 24.8 Å². The molecule has 12 heteroatoms. The van der Waals surface area contributed by atoms with Crippen LogP contribution in [0.1, 0.15) is 60.8 Å². The van der Waals surface area contributed by atoms with Crippen LogP contribution in [-0.2, 0) is 23.7 Å². The number of aliphatic hydroxyl groups is 2. The van der Waals surface area contributed by atoms with Gasteiger partial charge in [-0.25, -0.2) is 0 Å². The van der Waals surface area contributed by atoms with E-state index < -0.39 is 34.2 Å². The number of rotatable bonds is 5. The van der Waals surface area contributed by atoms with Crippen LogP contribution in [0.15, 0.2) is 59.8 Å². The molecule has 0 unspecified atom stereocenters. The van der Waals surface area contributed by atoms with Crippen molar-refractivity contribution in [3.8, 4) is 23.0 Å². The van der Waals surface area contributed by atoms with E-state index in [1.54, 1.807) is 12.1 Å². The number of benzene rings is 2. The maximum atomic E-state index is 12.7. The first kappa shape index (κ1) is 34.0. The first-order valence-electron chi connectivity index (χ1n) is 17.5. The Morgan fingerprint density at radius 3 is 1.52 bits per heavy atom. The van der Waals surface area contributed by atoms with Gasteiger partial charge in [-0.15, -0.1) is 38.0 Å². The fraction of sp³-hybridized carbons (Fsp3) is 0.526. The number of aromatic hydroxyl groups is 2. The summed E-state index contributed by atoms with van der Waals surface area (Å²) in [5.74, 6) is 1.11. The van der Waals surface area contributed by atoms with Gasteiger partial charge in [0.25, 0.3) is 0 Å². The Morgan fingerprint density at radius 1 is 0.700 bits per heavy atom. The molecule has 4 fully saturated rings. The molecular formula is C38H44Cl2N4O6. The number of nitrogens with zero attached hydrogens (tertiary/aromatic N) is 4. The highest BCUT2D eigenvalue weighted by Crippen LogP contribution is 2.66. The topological polar surface area (TPSA) is 131 Å². The summed E-state index contributed by atoms with van der Waals surface area (Å²) in [6.07, 6.45) is 7.42. The summed E-state index contributed by atoms with van der Waals surface area (Å²) in [7, 11) is 0. The fourth-order valence-corrected chi connectivity index (χ4v) is 12.0. The lowest BCUT2D eigenvalue weighted by atomic mass is 9.48. The average molecular weight is 724 g/mol. The molecule has 4 bridgehead atoms. The Labute approximate surface area is 304 Å². The van der Waals surface area contributed by atoms with Gasteiger partial charge in [0, 0.05) is 49.4 Å². The summed E-state index contributed by atoms with van der Waals surface area (Å²) in [4.78, 5) is 4.68. The van der Waals surface area contributed by atoms with E-state index in [9.17, 15) is 20.4 Å². The van der Waals surface area contributed by atoms with Crippen molar-refractivity contribution in [3.63, 3.8) is 0 Å². The SMILES string of the molecule is C=CCN1CC[C@]23c4c5ccc(O)c4O[C@H]2/C(=N/N=C2\CC[C@@]4(O)[C@H]6Cc7ccc(O)c8c7[C@@]4(CCN6CC=C)[C@H]2O8)CC[C@@]3(O)[C@H]1C5.Cl.Cl. The van der Waals surface area contributed by atoms with Crippen molar-refractivity contribution in [1.82, 2.24) is 9.80 Å². The van der Waals surface area contributed by atoms with E-state index in [2.05, 4.69) is 23.0 Å². The van der Waals surface area contributed by atoms with Gasteiger partial charge in [0.15, 0.2) is 35.2 Å². The predicted molar refractivity (Wildman–Crippen MR) is 194 cm³/mol. The molecule has 4 aliphatic carbocycles. The maximum Gasteiger partial charge on any atom is 0.166 e. The molecular weight excluding hydrogens is 679 g/mol. The smallest absolute Gasteiger partial charge is 0.166 e. The summed E-state index contributed by atoms with van der Waals surface area (Å²) in [6.45, 7) is 10.9. The minimum absolute atomic E-state index is 0. The molecule has 266 valence electrons. The highest BCUT2D eigenvalue weighted by Gasteiger charge is 2.74. The van der Waals surface area contributed by atoms with Crippen LogP contribution in [0, 0.1) is 0 Å².